The quantitative estimate of drug-likeness (QED) is 0.831. The molecule has 2 aliphatic rings. The van der Waals surface area contributed by atoms with Crippen molar-refractivity contribution in [2.24, 2.45) is 0 Å². The maximum Gasteiger partial charge on any atom is 0.109 e. The zero-order chi connectivity index (χ0) is 12.2. The number of benzene rings is 1. The second-order valence-electron chi connectivity index (χ2n) is 5.85. The van der Waals surface area contributed by atoms with Crippen molar-refractivity contribution in [2.45, 2.75) is 44.7 Å². The van der Waals surface area contributed by atoms with E-state index in [1.807, 2.05) is 0 Å². The van der Waals surface area contributed by atoms with Crippen molar-refractivity contribution in [3.05, 3.63) is 29.6 Å². The number of fused-ring (bicyclic) bond motifs is 3. The zero-order valence-corrected chi connectivity index (χ0v) is 10.9. The van der Waals surface area contributed by atoms with Crippen LogP contribution in [0.25, 0.3) is 11.0 Å². The smallest absolute Gasteiger partial charge is 0.109 e. The van der Waals surface area contributed by atoms with Crippen LogP contribution in [0.4, 0.5) is 0 Å². The molecule has 0 radical (unpaired) electrons. The Morgan fingerprint density at radius 1 is 1.33 bits per heavy atom. The topological polar surface area (TPSA) is 29.9 Å². The van der Waals surface area contributed by atoms with Crippen molar-refractivity contribution in [1.29, 1.82) is 0 Å². The molecule has 1 atom stereocenters. The molecule has 0 bridgehead atoms. The molecule has 1 fully saturated rings. The lowest BCUT2D eigenvalue weighted by Gasteiger charge is -2.25. The lowest BCUT2D eigenvalue weighted by atomic mass is 9.90. The highest BCUT2D eigenvalue weighted by Gasteiger charge is 2.30. The molecule has 1 saturated heterocycles. The van der Waals surface area contributed by atoms with E-state index in [0.29, 0.717) is 0 Å². The molecule has 1 aromatic heterocycles. The van der Waals surface area contributed by atoms with Crippen LogP contribution in [0.15, 0.2) is 18.2 Å². The van der Waals surface area contributed by atoms with Crippen LogP contribution in [0.5, 0.6) is 0 Å². The van der Waals surface area contributed by atoms with Crippen molar-refractivity contribution in [1.82, 2.24) is 14.9 Å². The third-order valence-corrected chi connectivity index (χ3v) is 4.62. The molecule has 4 rings (SSSR count). The minimum Gasteiger partial charge on any atom is -0.328 e. The summed E-state index contributed by atoms with van der Waals surface area (Å²) in [5.74, 6) is 1.27. The first-order valence-electron chi connectivity index (χ1n) is 7.01. The maximum atomic E-state index is 4.73. The Morgan fingerprint density at radius 3 is 3.11 bits per heavy atom. The molecule has 3 nitrogen and oxygen atoms in total. The normalized spacial score (nSPS) is 26.9. The summed E-state index contributed by atoms with van der Waals surface area (Å²) in [7, 11) is 0. The molecule has 3 heteroatoms. The Balaban J connectivity index is 1.88. The number of aromatic nitrogens is 2. The van der Waals surface area contributed by atoms with Crippen molar-refractivity contribution in [2.75, 3.05) is 6.54 Å². The van der Waals surface area contributed by atoms with Gasteiger partial charge in [0.25, 0.3) is 0 Å². The molecule has 94 valence electrons. The number of nitrogens with zero attached hydrogens (tertiary/aromatic N) is 2. The van der Waals surface area contributed by atoms with Crippen LogP contribution in [0.3, 0.4) is 0 Å². The molecule has 1 aromatic carbocycles. The number of rotatable bonds is 1. The first-order chi connectivity index (χ1) is 8.76. The highest BCUT2D eigenvalue weighted by molar-refractivity contribution is 5.77. The molecular weight excluding hydrogens is 222 g/mol. The maximum absolute atomic E-state index is 4.73. The number of aryl methyl sites for hydroxylation is 2. The van der Waals surface area contributed by atoms with E-state index >= 15 is 0 Å². The van der Waals surface area contributed by atoms with Crippen LogP contribution in [0.1, 0.15) is 37.6 Å². The minimum absolute atomic E-state index is 0.164. The summed E-state index contributed by atoms with van der Waals surface area (Å²) in [6.45, 7) is 4.60. The Labute approximate surface area is 107 Å². The van der Waals surface area contributed by atoms with Gasteiger partial charge in [0, 0.05) is 18.5 Å². The monoisotopic (exact) mass is 241 g/mol. The largest absolute Gasteiger partial charge is 0.328 e. The fourth-order valence-electron chi connectivity index (χ4n) is 3.49. The molecule has 0 saturated carbocycles. The molecule has 1 unspecified atom stereocenters. The van der Waals surface area contributed by atoms with Crippen LogP contribution in [0.2, 0.25) is 0 Å². The standard InChI is InChI=1S/C15H19N3/c1-15(7-3-8-16-15)11-5-6-12-13(10-11)18-9-2-4-14(18)17-12/h5-6,10,16H,2-4,7-9H2,1H3. The van der Waals surface area contributed by atoms with Gasteiger partial charge in [-0.3, -0.25) is 0 Å². The van der Waals surface area contributed by atoms with Gasteiger partial charge in [0.15, 0.2) is 0 Å². The number of nitrogens with one attached hydrogen (secondary N) is 1. The molecule has 2 aliphatic heterocycles. The van der Waals surface area contributed by atoms with Crippen LogP contribution in [0, 0.1) is 0 Å². The van der Waals surface area contributed by atoms with E-state index in [9.17, 15) is 0 Å². The zero-order valence-electron chi connectivity index (χ0n) is 10.9. The first kappa shape index (κ1) is 10.6. The highest BCUT2D eigenvalue weighted by Crippen LogP contribution is 2.33. The Kier molecular flexibility index (Phi) is 2.10. The van der Waals surface area contributed by atoms with E-state index < -0.39 is 0 Å². The van der Waals surface area contributed by atoms with E-state index in [1.165, 1.54) is 36.2 Å². The summed E-state index contributed by atoms with van der Waals surface area (Å²) in [4.78, 5) is 4.73. The van der Waals surface area contributed by atoms with Gasteiger partial charge >= 0.3 is 0 Å². The molecule has 0 amide bonds. The van der Waals surface area contributed by atoms with Gasteiger partial charge in [-0.05, 0) is 50.4 Å². The summed E-state index contributed by atoms with van der Waals surface area (Å²) < 4.78 is 2.40. The average Bonchev–Trinajstić information content (AvgIpc) is 3.03. The van der Waals surface area contributed by atoms with Gasteiger partial charge in [0.05, 0.1) is 11.0 Å². The summed E-state index contributed by atoms with van der Waals surface area (Å²) in [5.41, 5.74) is 4.07. The summed E-state index contributed by atoms with van der Waals surface area (Å²) in [5, 5.41) is 3.64. The summed E-state index contributed by atoms with van der Waals surface area (Å²) >= 11 is 0. The predicted molar refractivity (Wildman–Crippen MR) is 72.6 cm³/mol. The third kappa shape index (κ3) is 1.37. The molecule has 0 spiro atoms. The number of imidazole rings is 1. The predicted octanol–water partition coefficient (Wildman–Crippen LogP) is 2.58. The van der Waals surface area contributed by atoms with Gasteiger partial charge in [0.1, 0.15) is 5.82 Å². The lowest BCUT2D eigenvalue weighted by Crippen LogP contribution is -2.33. The van der Waals surface area contributed by atoms with Crippen molar-refractivity contribution < 1.29 is 0 Å². The van der Waals surface area contributed by atoms with E-state index in [-0.39, 0.29) is 5.54 Å². The fraction of sp³-hybridized carbons (Fsp3) is 0.533. The second kappa shape index (κ2) is 3.58. The van der Waals surface area contributed by atoms with Crippen molar-refractivity contribution >= 4 is 11.0 Å². The Hall–Kier alpha value is -1.35. The average molecular weight is 241 g/mol. The summed E-state index contributed by atoms with van der Waals surface area (Å²) in [6, 6.07) is 6.81. The van der Waals surface area contributed by atoms with Crippen LogP contribution < -0.4 is 5.32 Å². The summed E-state index contributed by atoms with van der Waals surface area (Å²) in [6.07, 6.45) is 4.90. The van der Waals surface area contributed by atoms with Crippen LogP contribution in [-0.2, 0) is 18.5 Å². The highest BCUT2D eigenvalue weighted by atomic mass is 15.1. The number of hydrogen-bond donors (Lipinski definition) is 1. The van der Waals surface area contributed by atoms with Gasteiger partial charge in [-0.1, -0.05) is 6.07 Å². The molecule has 3 heterocycles. The lowest BCUT2D eigenvalue weighted by molar-refractivity contribution is 0.435. The molecule has 0 aliphatic carbocycles. The van der Waals surface area contributed by atoms with Crippen molar-refractivity contribution in [3.63, 3.8) is 0 Å². The molecule has 18 heavy (non-hydrogen) atoms. The molecule has 2 aromatic rings. The van der Waals surface area contributed by atoms with Gasteiger partial charge in [-0.25, -0.2) is 4.98 Å². The van der Waals surface area contributed by atoms with Crippen LogP contribution in [-0.4, -0.2) is 16.1 Å². The van der Waals surface area contributed by atoms with E-state index in [0.717, 1.165) is 25.0 Å². The van der Waals surface area contributed by atoms with Gasteiger partial charge in [-0.15, -0.1) is 0 Å². The second-order valence-corrected chi connectivity index (χ2v) is 5.85. The Bertz CT molecular complexity index is 605. The van der Waals surface area contributed by atoms with Gasteiger partial charge in [-0.2, -0.15) is 0 Å². The van der Waals surface area contributed by atoms with Crippen molar-refractivity contribution in [3.8, 4) is 0 Å². The van der Waals surface area contributed by atoms with Crippen LogP contribution >= 0.6 is 0 Å². The van der Waals surface area contributed by atoms with Gasteiger partial charge < -0.3 is 9.88 Å². The molecule has 1 N–H and O–H groups in total. The van der Waals surface area contributed by atoms with E-state index in [1.54, 1.807) is 0 Å². The first-order valence-corrected chi connectivity index (χ1v) is 7.01. The Morgan fingerprint density at radius 2 is 2.28 bits per heavy atom. The van der Waals surface area contributed by atoms with E-state index in [2.05, 4.69) is 35.0 Å². The SMILES string of the molecule is CC1(c2ccc3nc4n(c3c2)CCC4)CCCN1. The third-order valence-electron chi connectivity index (χ3n) is 4.62. The van der Waals surface area contributed by atoms with Gasteiger partial charge in [0.2, 0.25) is 0 Å². The van der Waals surface area contributed by atoms with E-state index in [4.69, 9.17) is 4.98 Å². The minimum atomic E-state index is 0.164. The molecular formula is C15H19N3. The number of hydrogen-bond acceptors (Lipinski definition) is 2. The fourth-order valence-corrected chi connectivity index (χ4v) is 3.49.